The highest BCUT2D eigenvalue weighted by atomic mass is 16.1. The number of aromatic amines is 1. The molecule has 146 valence electrons. The molecule has 0 spiro atoms. The minimum absolute atomic E-state index is 0.129. The van der Waals surface area contributed by atoms with Gasteiger partial charge in [-0.25, -0.2) is 9.97 Å². The number of aryl methyl sites for hydroxylation is 1. The van der Waals surface area contributed by atoms with Crippen molar-refractivity contribution in [2.75, 3.05) is 0 Å². The fourth-order valence-electron chi connectivity index (χ4n) is 3.69. The van der Waals surface area contributed by atoms with E-state index >= 15 is 0 Å². The fourth-order valence-corrected chi connectivity index (χ4v) is 3.69. The zero-order chi connectivity index (χ0) is 18.8. The predicted octanol–water partition coefficient (Wildman–Crippen LogP) is 5.69. The molecule has 0 radical (unpaired) electrons. The number of nitrogens with one attached hydrogen (secondary N) is 1. The average Bonchev–Trinajstić information content (AvgIpc) is 3.03. The predicted molar refractivity (Wildman–Crippen MR) is 109 cm³/mol. The lowest BCUT2D eigenvalue weighted by Gasteiger charge is -2.19. The molecule has 0 aliphatic heterocycles. The standard InChI is InChI=1S/C21H36N4O/c1-4-6-8-10-12-14-18(15-13-11-9-7-5-2)25-16-22-19-20(25)23-17(3)24-21(19)26/h16,18H,4-15H2,1-3H3,(H,23,24,26). The molecular weight excluding hydrogens is 324 g/mol. The van der Waals surface area contributed by atoms with Crippen LogP contribution in [0.25, 0.3) is 11.2 Å². The molecule has 0 aliphatic carbocycles. The van der Waals surface area contributed by atoms with E-state index in [1.807, 2.05) is 13.3 Å². The second-order valence-corrected chi connectivity index (χ2v) is 7.53. The van der Waals surface area contributed by atoms with E-state index in [0.717, 1.165) is 18.5 Å². The third-order valence-corrected chi connectivity index (χ3v) is 5.23. The van der Waals surface area contributed by atoms with Crippen LogP contribution in [0.15, 0.2) is 11.1 Å². The van der Waals surface area contributed by atoms with Gasteiger partial charge >= 0.3 is 0 Å². The number of hydrogen-bond acceptors (Lipinski definition) is 3. The van der Waals surface area contributed by atoms with Gasteiger partial charge in [-0.3, -0.25) is 4.79 Å². The van der Waals surface area contributed by atoms with Gasteiger partial charge in [-0.1, -0.05) is 78.1 Å². The second kappa shape index (κ2) is 11.1. The van der Waals surface area contributed by atoms with E-state index in [4.69, 9.17) is 0 Å². The molecule has 2 aromatic rings. The van der Waals surface area contributed by atoms with Gasteiger partial charge in [0, 0.05) is 6.04 Å². The average molecular weight is 361 g/mol. The van der Waals surface area contributed by atoms with Crippen molar-refractivity contribution in [3.8, 4) is 0 Å². The fraction of sp³-hybridized carbons (Fsp3) is 0.762. The van der Waals surface area contributed by atoms with Crippen LogP contribution in [0, 0.1) is 6.92 Å². The van der Waals surface area contributed by atoms with Crippen LogP contribution in [0.5, 0.6) is 0 Å². The number of aromatic nitrogens is 4. The Morgan fingerprint density at radius 2 is 1.54 bits per heavy atom. The quantitative estimate of drug-likeness (QED) is 0.467. The summed E-state index contributed by atoms with van der Waals surface area (Å²) in [5, 5.41) is 0. The summed E-state index contributed by atoms with van der Waals surface area (Å²) < 4.78 is 2.16. The third kappa shape index (κ3) is 5.96. The van der Waals surface area contributed by atoms with E-state index in [2.05, 4.69) is 33.4 Å². The molecule has 0 aliphatic rings. The Balaban J connectivity index is 2.07. The highest BCUT2D eigenvalue weighted by Crippen LogP contribution is 2.26. The molecule has 0 amide bonds. The van der Waals surface area contributed by atoms with Crippen LogP contribution in [0.1, 0.15) is 103 Å². The summed E-state index contributed by atoms with van der Waals surface area (Å²) in [7, 11) is 0. The van der Waals surface area contributed by atoms with Crippen LogP contribution in [0.4, 0.5) is 0 Å². The van der Waals surface area contributed by atoms with Crippen molar-refractivity contribution in [2.24, 2.45) is 0 Å². The maximum Gasteiger partial charge on any atom is 0.279 e. The maximum absolute atomic E-state index is 12.1. The molecule has 26 heavy (non-hydrogen) atoms. The molecule has 2 heterocycles. The van der Waals surface area contributed by atoms with Gasteiger partial charge in [0.15, 0.2) is 11.2 Å². The molecule has 0 atom stereocenters. The smallest absolute Gasteiger partial charge is 0.279 e. The Hall–Kier alpha value is -1.65. The minimum atomic E-state index is -0.129. The van der Waals surface area contributed by atoms with Crippen molar-refractivity contribution in [1.82, 2.24) is 19.5 Å². The summed E-state index contributed by atoms with van der Waals surface area (Å²) in [6.07, 6.45) is 17.0. The Kier molecular flexibility index (Phi) is 8.86. The Labute approximate surface area is 157 Å². The summed E-state index contributed by atoms with van der Waals surface area (Å²) in [6, 6.07) is 0.400. The van der Waals surface area contributed by atoms with Gasteiger partial charge in [0.25, 0.3) is 5.56 Å². The lowest BCUT2D eigenvalue weighted by Crippen LogP contribution is -2.13. The normalized spacial score (nSPS) is 11.7. The third-order valence-electron chi connectivity index (χ3n) is 5.23. The van der Waals surface area contributed by atoms with E-state index in [1.54, 1.807) is 0 Å². The Bertz CT molecular complexity index is 690. The van der Waals surface area contributed by atoms with Gasteiger partial charge in [0.1, 0.15) is 5.82 Å². The zero-order valence-corrected chi connectivity index (χ0v) is 16.9. The second-order valence-electron chi connectivity index (χ2n) is 7.53. The van der Waals surface area contributed by atoms with E-state index in [9.17, 15) is 4.79 Å². The van der Waals surface area contributed by atoms with Crippen LogP contribution in [0.3, 0.4) is 0 Å². The summed E-state index contributed by atoms with van der Waals surface area (Å²) in [5.74, 6) is 0.661. The molecule has 2 aromatic heterocycles. The molecule has 0 saturated heterocycles. The summed E-state index contributed by atoms with van der Waals surface area (Å²) in [4.78, 5) is 23.8. The molecule has 0 unspecified atom stereocenters. The number of H-pyrrole nitrogens is 1. The summed E-state index contributed by atoms with van der Waals surface area (Å²) in [5.41, 5.74) is 1.09. The van der Waals surface area contributed by atoms with Crippen molar-refractivity contribution in [1.29, 1.82) is 0 Å². The molecule has 0 aromatic carbocycles. The Morgan fingerprint density at radius 3 is 2.12 bits per heavy atom. The SMILES string of the molecule is CCCCCCCC(CCCCCCC)n1cnc2c(=O)[nH]c(C)nc21. The topological polar surface area (TPSA) is 63.6 Å². The molecule has 2 rings (SSSR count). The first-order chi connectivity index (χ1) is 12.7. The number of rotatable bonds is 13. The van der Waals surface area contributed by atoms with E-state index in [1.165, 1.54) is 64.2 Å². The number of unbranched alkanes of at least 4 members (excludes halogenated alkanes) is 8. The van der Waals surface area contributed by atoms with Crippen LogP contribution < -0.4 is 5.56 Å². The maximum atomic E-state index is 12.1. The summed E-state index contributed by atoms with van der Waals surface area (Å²) >= 11 is 0. The first-order valence-electron chi connectivity index (χ1n) is 10.6. The van der Waals surface area contributed by atoms with Gasteiger partial charge in [0.05, 0.1) is 6.33 Å². The van der Waals surface area contributed by atoms with Gasteiger partial charge in [0.2, 0.25) is 0 Å². The highest BCUT2D eigenvalue weighted by molar-refractivity contribution is 5.69. The van der Waals surface area contributed by atoms with Crippen molar-refractivity contribution in [3.63, 3.8) is 0 Å². The molecule has 0 saturated carbocycles. The molecule has 5 heteroatoms. The van der Waals surface area contributed by atoms with Crippen LogP contribution in [0.2, 0.25) is 0 Å². The summed E-state index contributed by atoms with van der Waals surface area (Å²) in [6.45, 7) is 6.34. The molecule has 5 nitrogen and oxygen atoms in total. The monoisotopic (exact) mass is 360 g/mol. The minimum Gasteiger partial charge on any atom is -0.312 e. The van der Waals surface area contributed by atoms with Crippen molar-refractivity contribution < 1.29 is 0 Å². The highest BCUT2D eigenvalue weighted by Gasteiger charge is 2.16. The number of fused-ring (bicyclic) bond motifs is 1. The lowest BCUT2D eigenvalue weighted by molar-refractivity contribution is 0.400. The van der Waals surface area contributed by atoms with Crippen LogP contribution >= 0.6 is 0 Å². The van der Waals surface area contributed by atoms with Crippen LogP contribution in [-0.4, -0.2) is 19.5 Å². The number of imidazole rings is 1. The van der Waals surface area contributed by atoms with E-state index in [0.29, 0.717) is 17.4 Å². The van der Waals surface area contributed by atoms with E-state index < -0.39 is 0 Å². The number of hydrogen-bond donors (Lipinski definition) is 1. The van der Waals surface area contributed by atoms with Crippen LogP contribution in [-0.2, 0) is 0 Å². The molecule has 0 bridgehead atoms. The van der Waals surface area contributed by atoms with Crippen molar-refractivity contribution in [2.45, 2.75) is 104 Å². The zero-order valence-electron chi connectivity index (χ0n) is 16.9. The van der Waals surface area contributed by atoms with Gasteiger partial charge in [-0.15, -0.1) is 0 Å². The lowest BCUT2D eigenvalue weighted by atomic mass is 10.00. The molecular formula is C21H36N4O. The van der Waals surface area contributed by atoms with Crippen molar-refractivity contribution >= 4 is 11.2 Å². The van der Waals surface area contributed by atoms with Crippen molar-refractivity contribution in [3.05, 3.63) is 22.5 Å². The van der Waals surface area contributed by atoms with Gasteiger partial charge < -0.3 is 9.55 Å². The first kappa shape index (κ1) is 20.7. The number of nitrogens with zero attached hydrogens (tertiary/aromatic N) is 3. The van der Waals surface area contributed by atoms with Gasteiger partial charge in [-0.05, 0) is 19.8 Å². The Morgan fingerprint density at radius 1 is 0.962 bits per heavy atom. The molecule has 0 fully saturated rings. The first-order valence-corrected chi connectivity index (χ1v) is 10.6. The molecule has 1 N–H and O–H groups in total. The van der Waals surface area contributed by atoms with E-state index in [-0.39, 0.29) is 5.56 Å². The largest absolute Gasteiger partial charge is 0.312 e. The van der Waals surface area contributed by atoms with Gasteiger partial charge in [-0.2, -0.15) is 0 Å².